The van der Waals surface area contributed by atoms with E-state index in [2.05, 4.69) is 10.4 Å². The third kappa shape index (κ3) is 2.93. The molecule has 0 aliphatic rings. The van der Waals surface area contributed by atoms with Crippen LogP contribution >= 0.6 is 0 Å². The molecule has 1 aromatic heterocycles. The Morgan fingerprint density at radius 3 is 2.63 bits per heavy atom. The van der Waals surface area contributed by atoms with Crippen LogP contribution < -0.4 is 11.1 Å². The average molecular weight is 258 g/mol. The highest BCUT2D eigenvalue weighted by Crippen LogP contribution is 2.15. The second-order valence-corrected chi connectivity index (χ2v) is 4.65. The Morgan fingerprint density at radius 1 is 1.37 bits per heavy atom. The molecule has 0 unspecified atom stereocenters. The molecule has 1 heterocycles. The number of amides is 1. The zero-order valence-corrected chi connectivity index (χ0v) is 11.1. The summed E-state index contributed by atoms with van der Waals surface area (Å²) in [5.41, 5.74) is 7.38. The summed E-state index contributed by atoms with van der Waals surface area (Å²) < 4.78 is 1.64. The van der Waals surface area contributed by atoms with Crippen molar-refractivity contribution in [3.63, 3.8) is 0 Å². The molecule has 0 aliphatic heterocycles. The van der Waals surface area contributed by atoms with Crippen LogP contribution in [0.5, 0.6) is 0 Å². The fourth-order valence-electron chi connectivity index (χ4n) is 1.83. The predicted molar refractivity (Wildman–Crippen MR) is 74.6 cm³/mol. The summed E-state index contributed by atoms with van der Waals surface area (Å²) in [7, 11) is 0. The van der Waals surface area contributed by atoms with Crippen molar-refractivity contribution in [2.24, 2.45) is 0 Å². The van der Waals surface area contributed by atoms with Gasteiger partial charge in [0.15, 0.2) is 0 Å². The van der Waals surface area contributed by atoms with E-state index in [0.717, 1.165) is 5.56 Å². The van der Waals surface area contributed by atoms with Crippen molar-refractivity contribution in [1.82, 2.24) is 15.1 Å². The van der Waals surface area contributed by atoms with Crippen molar-refractivity contribution < 1.29 is 4.79 Å². The van der Waals surface area contributed by atoms with Gasteiger partial charge < -0.3 is 11.1 Å². The molecule has 19 heavy (non-hydrogen) atoms. The molecule has 0 aliphatic carbocycles. The number of carbonyl (C=O) groups excluding carboxylic acids is 1. The molecule has 0 spiro atoms. The molecule has 5 heteroatoms. The lowest BCUT2D eigenvalue weighted by molar-refractivity contribution is 0.0952. The number of hydrogen-bond donors (Lipinski definition) is 2. The number of nitrogens with one attached hydrogen (secondary N) is 1. The van der Waals surface area contributed by atoms with Crippen LogP contribution in [0.15, 0.2) is 36.5 Å². The lowest BCUT2D eigenvalue weighted by atomic mass is 10.2. The van der Waals surface area contributed by atoms with E-state index in [1.165, 1.54) is 6.20 Å². The van der Waals surface area contributed by atoms with Gasteiger partial charge in [-0.15, -0.1) is 0 Å². The van der Waals surface area contributed by atoms with E-state index < -0.39 is 0 Å². The van der Waals surface area contributed by atoms with Gasteiger partial charge in [-0.2, -0.15) is 5.10 Å². The Morgan fingerprint density at radius 2 is 2.05 bits per heavy atom. The molecule has 2 aromatic rings. The fourth-order valence-corrected chi connectivity index (χ4v) is 1.83. The molecule has 5 nitrogen and oxygen atoms in total. The molecule has 0 radical (unpaired) electrons. The number of carbonyl (C=O) groups is 1. The van der Waals surface area contributed by atoms with Crippen molar-refractivity contribution in [1.29, 1.82) is 0 Å². The number of rotatable bonds is 4. The molecule has 0 atom stereocenters. The maximum Gasteiger partial charge on any atom is 0.256 e. The van der Waals surface area contributed by atoms with Gasteiger partial charge in [-0.3, -0.25) is 4.79 Å². The zero-order chi connectivity index (χ0) is 13.8. The van der Waals surface area contributed by atoms with Crippen molar-refractivity contribution >= 4 is 11.7 Å². The van der Waals surface area contributed by atoms with Crippen LogP contribution in [0, 0.1) is 0 Å². The number of benzene rings is 1. The molecule has 3 N–H and O–H groups in total. The number of nitrogen functional groups attached to an aromatic ring is 1. The van der Waals surface area contributed by atoms with E-state index in [1.54, 1.807) is 4.68 Å². The maximum atomic E-state index is 12.0. The Labute approximate surface area is 112 Å². The van der Waals surface area contributed by atoms with Gasteiger partial charge in [0.2, 0.25) is 0 Å². The summed E-state index contributed by atoms with van der Waals surface area (Å²) in [5.74, 6) is 0.203. The van der Waals surface area contributed by atoms with Crippen molar-refractivity contribution in [3.05, 3.63) is 47.7 Å². The van der Waals surface area contributed by atoms with Crippen molar-refractivity contribution in [2.45, 2.75) is 26.4 Å². The molecule has 0 bridgehead atoms. The monoisotopic (exact) mass is 258 g/mol. The van der Waals surface area contributed by atoms with Gasteiger partial charge in [0.25, 0.3) is 5.91 Å². The fraction of sp³-hybridized carbons (Fsp3) is 0.286. The summed E-state index contributed by atoms with van der Waals surface area (Å²) in [6.45, 7) is 4.41. The molecule has 0 saturated heterocycles. The largest absolute Gasteiger partial charge is 0.383 e. The molecule has 1 aromatic carbocycles. The first-order valence-electron chi connectivity index (χ1n) is 6.24. The van der Waals surface area contributed by atoms with E-state index in [4.69, 9.17) is 5.73 Å². The first-order chi connectivity index (χ1) is 9.09. The Balaban J connectivity index is 2.05. The predicted octanol–water partition coefficient (Wildman–Crippen LogP) is 1.98. The number of nitrogens with zero attached hydrogens (tertiary/aromatic N) is 2. The maximum absolute atomic E-state index is 12.0. The Kier molecular flexibility index (Phi) is 3.85. The van der Waals surface area contributed by atoms with Crippen LogP contribution in [0.25, 0.3) is 0 Å². The van der Waals surface area contributed by atoms with Crippen LogP contribution in [0.1, 0.15) is 35.8 Å². The number of aromatic nitrogens is 2. The second kappa shape index (κ2) is 5.56. The summed E-state index contributed by atoms with van der Waals surface area (Å²) in [6, 6.07) is 9.87. The summed E-state index contributed by atoms with van der Waals surface area (Å²) in [6.07, 6.45) is 1.51. The smallest absolute Gasteiger partial charge is 0.256 e. The number of anilines is 1. The minimum Gasteiger partial charge on any atom is -0.383 e. The molecular formula is C14H18N4O. The lowest BCUT2D eigenvalue weighted by Crippen LogP contribution is -2.23. The van der Waals surface area contributed by atoms with E-state index in [9.17, 15) is 4.79 Å². The topological polar surface area (TPSA) is 72.9 Å². The highest BCUT2D eigenvalue weighted by Gasteiger charge is 2.15. The van der Waals surface area contributed by atoms with Crippen LogP contribution in [-0.2, 0) is 6.54 Å². The first-order valence-corrected chi connectivity index (χ1v) is 6.24. The van der Waals surface area contributed by atoms with Gasteiger partial charge >= 0.3 is 0 Å². The molecule has 2 rings (SSSR count). The molecule has 100 valence electrons. The lowest BCUT2D eigenvalue weighted by Gasteiger charge is -2.08. The van der Waals surface area contributed by atoms with Crippen LogP contribution in [-0.4, -0.2) is 15.7 Å². The van der Waals surface area contributed by atoms with Gasteiger partial charge in [-0.05, 0) is 19.4 Å². The molecule has 0 fully saturated rings. The van der Waals surface area contributed by atoms with Crippen molar-refractivity contribution in [2.75, 3.05) is 5.73 Å². The van der Waals surface area contributed by atoms with Gasteiger partial charge in [0.05, 0.1) is 6.20 Å². The molecular weight excluding hydrogens is 240 g/mol. The van der Waals surface area contributed by atoms with Gasteiger partial charge in [0.1, 0.15) is 11.4 Å². The van der Waals surface area contributed by atoms with E-state index >= 15 is 0 Å². The Hall–Kier alpha value is -2.30. The first kappa shape index (κ1) is 13.1. The second-order valence-electron chi connectivity index (χ2n) is 4.65. The standard InChI is InChI=1S/C14H18N4O/c1-10(2)18-13(15)12(9-17-18)14(19)16-8-11-6-4-3-5-7-11/h3-7,9-10H,8,15H2,1-2H3,(H,16,19). The highest BCUT2D eigenvalue weighted by atomic mass is 16.1. The number of hydrogen-bond acceptors (Lipinski definition) is 3. The normalized spacial score (nSPS) is 10.7. The summed E-state index contributed by atoms with van der Waals surface area (Å²) in [4.78, 5) is 12.0. The summed E-state index contributed by atoms with van der Waals surface area (Å²) >= 11 is 0. The highest BCUT2D eigenvalue weighted by molar-refractivity contribution is 5.98. The SMILES string of the molecule is CC(C)n1ncc(C(=O)NCc2ccccc2)c1N. The van der Waals surface area contributed by atoms with E-state index in [0.29, 0.717) is 17.9 Å². The molecule has 1 amide bonds. The minimum absolute atomic E-state index is 0.135. The van der Waals surface area contributed by atoms with Gasteiger partial charge in [-0.25, -0.2) is 4.68 Å². The minimum atomic E-state index is -0.201. The zero-order valence-electron chi connectivity index (χ0n) is 11.1. The van der Waals surface area contributed by atoms with Crippen LogP contribution in [0.4, 0.5) is 5.82 Å². The summed E-state index contributed by atoms with van der Waals surface area (Å²) in [5, 5.41) is 6.96. The third-order valence-electron chi connectivity index (χ3n) is 2.86. The van der Waals surface area contributed by atoms with Crippen LogP contribution in [0.3, 0.4) is 0 Å². The quantitative estimate of drug-likeness (QED) is 0.880. The molecule has 0 saturated carbocycles. The van der Waals surface area contributed by atoms with E-state index in [-0.39, 0.29) is 11.9 Å². The number of nitrogens with two attached hydrogens (primary N) is 1. The average Bonchev–Trinajstić information content (AvgIpc) is 2.79. The Bertz CT molecular complexity index is 560. The third-order valence-corrected chi connectivity index (χ3v) is 2.86. The van der Waals surface area contributed by atoms with Crippen molar-refractivity contribution in [3.8, 4) is 0 Å². The van der Waals surface area contributed by atoms with Crippen LogP contribution in [0.2, 0.25) is 0 Å². The van der Waals surface area contributed by atoms with Gasteiger partial charge in [0, 0.05) is 12.6 Å². The van der Waals surface area contributed by atoms with E-state index in [1.807, 2.05) is 44.2 Å². The van der Waals surface area contributed by atoms with Gasteiger partial charge in [-0.1, -0.05) is 30.3 Å².